The van der Waals surface area contributed by atoms with Crippen molar-refractivity contribution in [1.82, 2.24) is 0 Å². The van der Waals surface area contributed by atoms with Gasteiger partial charge in [-0.1, -0.05) is 48.8 Å². The molecule has 0 N–H and O–H groups in total. The van der Waals surface area contributed by atoms with Gasteiger partial charge in [0, 0.05) is 15.6 Å². The summed E-state index contributed by atoms with van der Waals surface area (Å²) < 4.78 is 1.09. The summed E-state index contributed by atoms with van der Waals surface area (Å²) in [7, 11) is 0. The van der Waals surface area contributed by atoms with E-state index in [-0.39, 0.29) is 5.41 Å². The lowest BCUT2D eigenvalue weighted by molar-refractivity contribution is 0.194. The van der Waals surface area contributed by atoms with Crippen LogP contribution < -0.4 is 0 Å². The summed E-state index contributed by atoms with van der Waals surface area (Å²) in [5.74, 6) is 0.786. The van der Waals surface area contributed by atoms with Crippen LogP contribution >= 0.6 is 15.9 Å². The van der Waals surface area contributed by atoms with Crippen molar-refractivity contribution < 1.29 is 0 Å². The number of rotatable bonds is 2. The molecule has 0 heterocycles. The summed E-state index contributed by atoms with van der Waals surface area (Å²) in [6.45, 7) is 7.16. The van der Waals surface area contributed by atoms with Crippen LogP contribution in [0.3, 0.4) is 0 Å². The maximum atomic E-state index is 4.57. The van der Waals surface area contributed by atoms with Gasteiger partial charge in [0.05, 0.1) is 6.21 Å². The van der Waals surface area contributed by atoms with Crippen molar-refractivity contribution in [2.75, 3.05) is 0 Å². The summed E-state index contributed by atoms with van der Waals surface area (Å²) >= 11 is 3.44. The lowest BCUT2D eigenvalue weighted by Crippen LogP contribution is -2.32. The Kier molecular flexibility index (Phi) is 3.36. The van der Waals surface area contributed by atoms with Crippen molar-refractivity contribution in [2.24, 2.45) is 27.0 Å². The van der Waals surface area contributed by atoms with Gasteiger partial charge in [0.15, 0.2) is 0 Å². The van der Waals surface area contributed by atoms with E-state index in [0.717, 1.165) is 22.4 Å². The molecule has 0 saturated heterocycles. The predicted molar refractivity (Wildman–Crippen MR) is 88.4 cm³/mol. The number of hydrogen-bond donors (Lipinski definition) is 0. The maximum Gasteiger partial charge on any atom is 0.0568 e. The Balaban J connectivity index is 1.79. The van der Waals surface area contributed by atoms with Crippen molar-refractivity contribution in [1.29, 1.82) is 0 Å². The lowest BCUT2D eigenvalue weighted by Gasteiger charge is -2.34. The maximum absolute atomic E-state index is 4.57. The van der Waals surface area contributed by atoms with Crippen molar-refractivity contribution in [3.8, 4) is 0 Å². The molecule has 0 amide bonds. The molecular formula is C17H21BrN2. The molecule has 3 heteroatoms. The number of halogens is 1. The predicted octanol–water partition coefficient (Wildman–Crippen LogP) is 5.07. The van der Waals surface area contributed by atoms with Crippen LogP contribution in [0.1, 0.15) is 45.6 Å². The summed E-state index contributed by atoms with van der Waals surface area (Å²) in [5, 5.41) is 8.90. The average molecular weight is 333 g/mol. The van der Waals surface area contributed by atoms with Crippen LogP contribution in [-0.2, 0) is 0 Å². The van der Waals surface area contributed by atoms with E-state index >= 15 is 0 Å². The Morgan fingerprint density at radius 3 is 2.45 bits per heavy atom. The third kappa shape index (κ3) is 2.07. The molecule has 2 bridgehead atoms. The zero-order chi connectivity index (χ0) is 14.4. The molecule has 2 fully saturated rings. The standard InChI is InChI=1S/C17H21BrN2/c1-16(2)13-8-9-17(16,3)15(10-13)20-19-11-12-4-6-14(18)7-5-12/h4-7,11,13H,8-10H2,1-3H3/b19-11-,20-15+/t13-,17+/m1/s1. The monoisotopic (exact) mass is 332 g/mol. The molecule has 20 heavy (non-hydrogen) atoms. The molecule has 0 unspecified atom stereocenters. The molecule has 0 radical (unpaired) electrons. The second-order valence-electron chi connectivity index (χ2n) is 6.84. The third-order valence-corrected chi connectivity index (χ3v) is 6.30. The largest absolute Gasteiger partial charge is 0.160 e. The molecular weight excluding hydrogens is 312 g/mol. The van der Waals surface area contributed by atoms with E-state index < -0.39 is 0 Å². The van der Waals surface area contributed by atoms with Crippen molar-refractivity contribution >= 4 is 27.9 Å². The van der Waals surface area contributed by atoms with Crippen molar-refractivity contribution in [3.63, 3.8) is 0 Å². The van der Waals surface area contributed by atoms with Crippen LogP contribution in [0.4, 0.5) is 0 Å². The van der Waals surface area contributed by atoms with Gasteiger partial charge in [-0.05, 0) is 48.3 Å². The minimum atomic E-state index is 0.245. The molecule has 0 aromatic heterocycles. The Morgan fingerprint density at radius 2 is 1.90 bits per heavy atom. The fourth-order valence-corrected chi connectivity index (χ4v) is 4.06. The number of hydrogen-bond acceptors (Lipinski definition) is 2. The number of benzene rings is 1. The normalized spacial score (nSPS) is 33.4. The fourth-order valence-electron chi connectivity index (χ4n) is 3.79. The first-order chi connectivity index (χ1) is 9.43. The van der Waals surface area contributed by atoms with Crippen molar-refractivity contribution in [2.45, 2.75) is 40.0 Å². The van der Waals surface area contributed by atoms with Crippen LogP contribution in [0, 0.1) is 16.7 Å². The van der Waals surface area contributed by atoms with E-state index in [1.807, 2.05) is 30.5 Å². The first kappa shape index (κ1) is 14.0. The van der Waals surface area contributed by atoms with Crippen LogP contribution in [0.2, 0.25) is 0 Å². The van der Waals surface area contributed by atoms with Gasteiger partial charge in [-0.25, -0.2) is 0 Å². The Morgan fingerprint density at radius 1 is 1.20 bits per heavy atom. The van der Waals surface area contributed by atoms with Crippen LogP contribution in [0.25, 0.3) is 0 Å². The van der Waals surface area contributed by atoms with Crippen LogP contribution in [-0.4, -0.2) is 11.9 Å². The summed E-state index contributed by atoms with van der Waals surface area (Å²) in [4.78, 5) is 0. The van der Waals surface area contributed by atoms with E-state index in [9.17, 15) is 0 Å². The fraction of sp³-hybridized carbons (Fsp3) is 0.529. The smallest absolute Gasteiger partial charge is 0.0568 e. The average Bonchev–Trinajstić information content (AvgIpc) is 2.74. The molecule has 3 rings (SSSR count). The van der Waals surface area contributed by atoms with Crippen LogP contribution in [0.15, 0.2) is 38.9 Å². The number of fused-ring (bicyclic) bond motifs is 2. The Hall–Kier alpha value is -0.960. The van der Waals surface area contributed by atoms with E-state index in [2.05, 4.69) is 46.9 Å². The minimum Gasteiger partial charge on any atom is -0.160 e. The molecule has 1 aromatic carbocycles. The van der Waals surface area contributed by atoms with Crippen LogP contribution in [0.5, 0.6) is 0 Å². The van der Waals surface area contributed by atoms with Gasteiger partial charge >= 0.3 is 0 Å². The molecule has 0 aliphatic heterocycles. The van der Waals surface area contributed by atoms with E-state index in [4.69, 9.17) is 0 Å². The Bertz CT molecular complexity index is 571. The minimum absolute atomic E-state index is 0.245. The van der Waals surface area contributed by atoms with E-state index in [0.29, 0.717) is 5.41 Å². The van der Waals surface area contributed by atoms with Gasteiger partial charge in [0.25, 0.3) is 0 Å². The first-order valence-corrected chi connectivity index (χ1v) is 8.09. The second kappa shape index (κ2) is 4.80. The van der Waals surface area contributed by atoms with E-state index in [1.165, 1.54) is 18.6 Å². The second-order valence-corrected chi connectivity index (χ2v) is 7.75. The molecule has 2 atom stereocenters. The van der Waals surface area contributed by atoms with Gasteiger partial charge in [-0.2, -0.15) is 10.2 Å². The highest BCUT2D eigenvalue weighted by Crippen LogP contribution is 2.63. The summed E-state index contributed by atoms with van der Waals surface area (Å²) in [6.07, 6.45) is 5.58. The van der Waals surface area contributed by atoms with Crippen molar-refractivity contribution in [3.05, 3.63) is 34.3 Å². The molecule has 2 aliphatic carbocycles. The molecule has 106 valence electrons. The van der Waals surface area contributed by atoms with Gasteiger partial charge < -0.3 is 0 Å². The quantitative estimate of drug-likeness (QED) is 0.533. The molecule has 2 nitrogen and oxygen atoms in total. The summed E-state index contributed by atoms with van der Waals surface area (Å²) in [5.41, 5.74) is 3.01. The highest BCUT2D eigenvalue weighted by molar-refractivity contribution is 9.10. The Labute approximate surface area is 129 Å². The number of nitrogens with zero attached hydrogens (tertiary/aromatic N) is 2. The first-order valence-electron chi connectivity index (χ1n) is 7.29. The highest BCUT2D eigenvalue weighted by atomic mass is 79.9. The lowest BCUT2D eigenvalue weighted by atomic mass is 9.70. The highest BCUT2D eigenvalue weighted by Gasteiger charge is 2.59. The third-order valence-electron chi connectivity index (χ3n) is 5.77. The molecule has 0 spiro atoms. The molecule has 1 aromatic rings. The van der Waals surface area contributed by atoms with Gasteiger partial charge in [0.1, 0.15) is 0 Å². The zero-order valence-corrected chi connectivity index (χ0v) is 13.9. The molecule has 2 aliphatic rings. The molecule has 2 saturated carbocycles. The SMILES string of the molecule is CC1(C)[C@@H]2CC[C@@]1(C)/C(=N/N=C\c1ccc(Br)cc1)C2. The topological polar surface area (TPSA) is 24.7 Å². The zero-order valence-electron chi connectivity index (χ0n) is 12.4. The van der Waals surface area contributed by atoms with Gasteiger partial charge in [-0.3, -0.25) is 0 Å². The van der Waals surface area contributed by atoms with Gasteiger partial charge in [0.2, 0.25) is 0 Å². The van der Waals surface area contributed by atoms with E-state index in [1.54, 1.807) is 0 Å². The van der Waals surface area contributed by atoms with Gasteiger partial charge in [-0.15, -0.1) is 0 Å². The summed E-state index contributed by atoms with van der Waals surface area (Å²) in [6, 6.07) is 8.13.